The van der Waals surface area contributed by atoms with Crippen molar-refractivity contribution in [1.29, 1.82) is 0 Å². The maximum Gasteiger partial charge on any atom is 0.171 e. The molecule has 1 spiro atoms. The number of hydrogen-bond donors (Lipinski definition) is 0. The molecule has 13 heterocycles. The maximum absolute atomic E-state index is 7.48. The molecule has 0 aromatic rings. The van der Waals surface area contributed by atoms with Crippen molar-refractivity contribution in [2.24, 2.45) is 53.3 Å². The zero-order valence-electron chi connectivity index (χ0n) is 49.5. The highest BCUT2D eigenvalue weighted by atomic mass is 16.7. The van der Waals surface area contributed by atoms with Crippen LogP contribution in [0.4, 0.5) is 0 Å². The van der Waals surface area contributed by atoms with Gasteiger partial charge in [-0.25, -0.2) is 0 Å². The smallest absolute Gasteiger partial charge is 0.171 e. The number of rotatable bonds is 3. The Labute approximate surface area is 472 Å². The summed E-state index contributed by atoms with van der Waals surface area (Å²) in [7, 11) is 0. The van der Waals surface area contributed by atoms with Crippen molar-refractivity contribution in [3.63, 3.8) is 0 Å². The molecule has 0 saturated carbocycles. The molecule has 9 fully saturated rings. The van der Waals surface area contributed by atoms with E-state index < -0.39 is 11.4 Å². The Balaban J connectivity index is 0.677. The van der Waals surface area contributed by atoms with Gasteiger partial charge in [-0.2, -0.15) is 0 Å². The van der Waals surface area contributed by atoms with Crippen molar-refractivity contribution < 1.29 is 61.6 Å². The van der Waals surface area contributed by atoms with Gasteiger partial charge < -0.3 is 61.6 Å². The van der Waals surface area contributed by atoms with E-state index in [0.29, 0.717) is 17.8 Å². The fourth-order valence-electron chi connectivity index (χ4n) is 17.1. The van der Waals surface area contributed by atoms with Gasteiger partial charge in [0, 0.05) is 37.5 Å². The van der Waals surface area contributed by atoms with E-state index in [1.807, 2.05) is 0 Å². The van der Waals surface area contributed by atoms with Crippen LogP contribution in [-0.4, -0.2) is 152 Å². The Morgan fingerprint density at radius 3 is 1.84 bits per heavy atom. The minimum atomic E-state index is -0.541. The van der Waals surface area contributed by atoms with Gasteiger partial charge in [-0.1, -0.05) is 136 Å². The molecule has 0 aromatic carbocycles. The van der Waals surface area contributed by atoms with Crippen LogP contribution >= 0.6 is 0 Å². The monoisotopic (exact) mass is 1100 g/mol. The van der Waals surface area contributed by atoms with Crippen molar-refractivity contribution in [3.05, 3.63) is 60.8 Å². The minimum absolute atomic E-state index is 0.0210. The molecule has 13 aliphatic heterocycles. The molecule has 0 amide bonds. The van der Waals surface area contributed by atoms with Gasteiger partial charge in [0.2, 0.25) is 0 Å². The van der Waals surface area contributed by atoms with Crippen molar-refractivity contribution >= 4 is 0 Å². The van der Waals surface area contributed by atoms with Crippen molar-refractivity contribution in [3.8, 4) is 0 Å². The summed E-state index contributed by atoms with van der Waals surface area (Å²) >= 11 is 0. The maximum atomic E-state index is 7.48. The first-order valence-electron chi connectivity index (χ1n) is 31.9. The zero-order chi connectivity index (χ0) is 54.6. The summed E-state index contributed by atoms with van der Waals surface area (Å²) in [4.78, 5) is 0. The first kappa shape index (κ1) is 56.3. The Morgan fingerprint density at radius 2 is 1.06 bits per heavy atom. The molecular formula is C66H98O13. The molecule has 13 aliphatic rings. The molecule has 0 unspecified atom stereocenters. The summed E-state index contributed by atoms with van der Waals surface area (Å²) in [5, 5.41) is 0. The molecule has 13 nitrogen and oxygen atoms in total. The van der Waals surface area contributed by atoms with E-state index in [1.54, 1.807) is 0 Å². The first-order chi connectivity index (χ1) is 38.0. The normalized spacial score (nSPS) is 56.8. The molecule has 13 heteroatoms. The third-order valence-electron chi connectivity index (χ3n) is 22.6. The fraction of sp³-hybridized carbons (Fsp3) is 0.848. The van der Waals surface area contributed by atoms with E-state index >= 15 is 0 Å². The zero-order valence-corrected chi connectivity index (χ0v) is 49.5. The Hall–Kier alpha value is -1.82. The summed E-state index contributed by atoms with van der Waals surface area (Å²) < 4.78 is 92.8. The van der Waals surface area contributed by atoms with Crippen molar-refractivity contribution in [2.75, 3.05) is 6.61 Å². The van der Waals surface area contributed by atoms with E-state index in [1.165, 1.54) is 0 Å². The van der Waals surface area contributed by atoms with Crippen LogP contribution in [-0.2, 0) is 61.6 Å². The number of ether oxygens (including phenoxy) is 13. The molecule has 13 rings (SSSR count). The van der Waals surface area contributed by atoms with E-state index in [2.05, 4.69) is 137 Å². The van der Waals surface area contributed by atoms with Gasteiger partial charge in [-0.15, -0.1) is 0 Å². The standard InChI is InChI=1S/C66H98O13/c1-12-34(2)20-21-43-16-15-19-50-61(68-43)41(9)62-57(72-50)29-53-49(75-62)25-24-47-48(71-53)23-22-46-44(69-47)17-13-14-18-45-52(70-46)28-37(5)65(11)59(74-45)31-55-56(78-65)27-35(3)26-51-54(73-55)30-58-60(76-51)38(6)39(7)64-63(77-58)40(8)42(10)66(79-64)32-36(4)33-67-66/h13-16,20-25,34-64H,12,17-19,26-33H2,1-11H3/b14-13-,21-20+/t34-,35-,36+,37-,38+,39+,40+,41-,42+,43-,44-,45+,46+,47+,48-,49-,50+,51+,52-,53+,54-,55+,56-,57-,58+,59-,60-,61-,62+,63-,64+,65+,66-/m1/s1. The van der Waals surface area contributed by atoms with Gasteiger partial charge in [0.15, 0.2) is 5.79 Å². The molecule has 440 valence electrons. The van der Waals surface area contributed by atoms with Crippen LogP contribution in [0, 0.1) is 53.3 Å². The van der Waals surface area contributed by atoms with E-state index in [9.17, 15) is 0 Å². The molecule has 79 heavy (non-hydrogen) atoms. The van der Waals surface area contributed by atoms with E-state index in [0.717, 1.165) is 77.2 Å². The second-order valence-electron chi connectivity index (χ2n) is 28.1. The van der Waals surface area contributed by atoms with Crippen molar-refractivity contribution in [2.45, 2.75) is 292 Å². The van der Waals surface area contributed by atoms with E-state index in [-0.39, 0.29) is 170 Å². The van der Waals surface area contributed by atoms with Crippen LogP contribution in [0.5, 0.6) is 0 Å². The average molecular weight is 1100 g/mol. The van der Waals surface area contributed by atoms with Gasteiger partial charge in [-0.3, -0.25) is 0 Å². The number of allylic oxidation sites excluding steroid dienone is 1. The summed E-state index contributed by atoms with van der Waals surface area (Å²) in [6, 6.07) is 0. The van der Waals surface area contributed by atoms with Crippen LogP contribution in [0.1, 0.15) is 147 Å². The van der Waals surface area contributed by atoms with Gasteiger partial charge >= 0.3 is 0 Å². The lowest BCUT2D eigenvalue weighted by atomic mass is 9.73. The van der Waals surface area contributed by atoms with Crippen LogP contribution in [0.15, 0.2) is 60.8 Å². The fourth-order valence-corrected chi connectivity index (χ4v) is 17.1. The predicted octanol–water partition coefficient (Wildman–Crippen LogP) is 10.8. The molecule has 0 N–H and O–H groups in total. The van der Waals surface area contributed by atoms with Gasteiger partial charge in [0.05, 0.1) is 122 Å². The summed E-state index contributed by atoms with van der Waals surface area (Å²) in [6.07, 6.45) is 28.7. The van der Waals surface area contributed by atoms with Gasteiger partial charge in [-0.05, 0) is 86.9 Å². The summed E-state index contributed by atoms with van der Waals surface area (Å²) in [5.74, 6) is 2.17. The van der Waals surface area contributed by atoms with Gasteiger partial charge in [0.1, 0.15) is 24.4 Å². The number of fused-ring (bicyclic) bond motifs is 11. The quantitative estimate of drug-likeness (QED) is 0.250. The second-order valence-corrected chi connectivity index (χ2v) is 28.1. The SMILES string of the molecule is CC[C@@H](C)/C=C/[C@H]1C=CC[C@@H]2O[C@@H]3C[C@@H]4O[C@@H]5C=C[C@@H]6O[C@@H]7C[C@@H](C)[C@]8(C)O[C@@H]9C[C@H](C)C[C@@H]%10O[C@@H]%11[C@@H](C)[C@H](C)[C@@H]%12O[C@]%13(C[C@H](C)CO%13)[C@@H](C)[C@H](C)[C@H]%12O[C@H]%11C[C@H]%10O[C@H]9C[C@H]8O[C@H]7C/C=C\C[C@H]6O[C@H]5C=C[C@H]4O[C@H]3[C@H](C)[C@H]2O1. The summed E-state index contributed by atoms with van der Waals surface area (Å²) in [5.41, 5.74) is -0.523. The molecule has 0 radical (unpaired) electrons. The van der Waals surface area contributed by atoms with Crippen LogP contribution in [0.2, 0.25) is 0 Å². The predicted molar refractivity (Wildman–Crippen MR) is 298 cm³/mol. The lowest BCUT2D eigenvalue weighted by molar-refractivity contribution is -0.335. The minimum Gasteiger partial charge on any atom is -0.369 e. The highest BCUT2D eigenvalue weighted by Gasteiger charge is 2.62. The largest absolute Gasteiger partial charge is 0.369 e. The molecule has 33 atom stereocenters. The Morgan fingerprint density at radius 1 is 0.468 bits per heavy atom. The van der Waals surface area contributed by atoms with Crippen LogP contribution in [0.3, 0.4) is 0 Å². The van der Waals surface area contributed by atoms with Crippen LogP contribution in [0.25, 0.3) is 0 Å². The van der Waals surface area contributed by atoms with Crippen LogP contribution < -0.4 is 0 Å². The highest BCUT2D eigenvalue weighted by Crippen LogP contribution is 2.54. The van der Waals surface area contributed by atoms with Crippen molar-refractivity contribution in [1.82, 2.24) is 0 Å². The topological polar surface area (TPSA) is 120 Å². The molecule has 0 aliphatic carbocycles. The Bertz CT molecular complexity index is 2290. The Kier molecular flexibility index (Phi) is 16.1. The molecule has 0 aromatic heterocycles. The summed E-state index contributed by atoms with van der Waals surface area (Å²) in [6.45, 7) is 26.2. The third kappa shape index (κ3) is 10.6. The molecule has 0 bridgehead atoms. The first-order valence-corrected chi connectivity index (χ1v) is 31.9. The van der Waals surface area contributed by atoms with E-state index in [4.69, 9.17) is 61.6 Å². The lowest BCUT2D eigenvalue weighted by Crippen LogP contribution is -2.62. The van der Waals surface area contributed by atoms with Gasteiger partial charge in [0.25, 0.3) is 0 Å². The molecular weight excluding hydrogens is 1000 g/mol. The second kappa shape index (κ2) is 22.6. The number of hydrogen-bond acceptors (Lipinski definition) is 13. The lowest BCUT2D eigenvalue weighted by Gasteiger charge is -2.53. The molecule has 9 saturated heterocycles. The third-order valence-corrected chi connectivity index (χ3v) is 22.6. The highest BCUT2D eigenvalue weighted by molar-refractivity contribution is 5.18. The average Bonchev–Trinajstić information content (AvgIpc) is 3.89.